The van der Waals surface area contributed by atoms with Crippen molar-refractivity contribution in [1.82, 2.24) is 5.32 Å². The molecule has 0 amide bonds. The van der Waals surface area contributed by atoms with Crippen molar-refractivity contribution in [2.75, 3.05) is 13.2 Å². The van der Waals surface area contributed by atoms with Gasteiger partial charge in [0.25, 0.3) is 0 Å². The molecule has 1 saturated carbocycles. The predicted octanol–water partition coefficient (Wildman–Crippen LogP) is 0.508. The molecule has 0 aromatic rings. The number of aliphatic hydroxyl groups is 2. The molecule has 3 heteroatoms. The summed E-state index contributed by atoms with van der Waals surface area (Å²) in [6, 6.07) is 0.315. The third-order valence-electron chi connectivity index (χ3n) is 3.94. The number of hydrogen-bond donors (Lipinski definition) is 3. The maximum Gasteiger partial charge on any atom is 0.0587 e. The van der Waals surface area contributed by atoms with E-state index < -0.39 is 0 Å². The fourth-order valence-corrected chi connectivity index (χ4v) is 3.08. The smallest absolute Gasteiger partial charge is 0.0587 e. The van der Waals surface area contributed by atoms with E-state index in [1.807, 2.05) is 0 Å². The molecule has 14 heavy (non-hydrogen) atoms. The molecule has 0 spiro atoms. The molecule has 2 aliphatic rings. The second kappa shape index (κ2) is 4.60. The van der Waals surface area contributed by atoms with Crippen LogP contribution in [0.2, 0.25) is 0 Å². The van der Waals surface area contributed by atoms with E-state index in [1.54, 1.807) is 0 Å². The Bertz CT molecular complexity index is 178. The number of aliphatic hydroxyl groups excluding tert-OH is 2. The zero-order chi connectivity index (χ0) is 9.97. The first-order valence-electron chi connectivity index (χ1n) is 5.83. The van der Waals surface area contributed by atoms with Gasteiger partial charge >= 0.3 is 0 Å². The van der Waals surface area contributed by atoms with E-state index in [4.69, 9.17) is 0 Å². The molecule has 0 aromatic carbocycles. The zero-order valence-corrected chi connectivity index (χ0v) is 8.65. The second-order valence-electron chi connectivity index (χ2n) is 4.76. The van der Waals surface area contributed by atoms with Crippen LogP contribution in [0.25, 0.3) is 0 Å². The Morgan fingerprint density at radius 1 is 1.07 bits per heavy atom. The molecule has 0 radical (unpaired) electrons. The lowest BCUT2D eigenvalue weighted by Crippen LogP contribution is -2.36. The molecule has 3 N–H and O–H groups in total. The van der Waals surface area contributed by atoms with Crippen LogP contribution >= 0.6 is 0 Å². The summed E-state index contributed by atoms with van der Waals surface area (Å²) in [6.45, 7) is 1.32. The first kappa shape index (κ1) is 10.4. The SMILES string of the molecule is OC[C@H]1NCCC1C1CCC(O)CC1. The number of rotatable bonds is 2. The molecular weight excluding hydrogens is 178 g/mol. The molecule has 0 bridgehead atoms. The highest BCUT2D eigenvalue weighted by molar-refractivity contribution is 4.89. The molecule has 3 nitrogen and oxygen atoms in total. The molecular formula is C11H21NO2. The summed E-state index contributed by atoms with van der Waals surface area (Å²) in [5.41, 5.74) is 0. The van der Waals surface area contributed by atoms with Gasteiger partial charge in [-0.2, -0.15) is 0 Å². The van der Waals surface area contributed by atoms with E-state index in [0.717, 1.165) is 38.1 Å². The van der Waals surface area contributed by atoms with E-state index in [1.165, 1.54) is 6.42 Å². The summed E-state index contributed by atoms with van der Waals surface area (Å²) < 4.78 is 0. The zero-order valence-electron chi connectivity index (χ0n) is 8.65. The molecule has 2 rings (SSSR count). The van der Waals surface area contributed by atoms with Crippen molar-refractivity contribution in [1.29, 1.82) is 0 Å². The van der Waals surface area contributed by atoms with E-state index in [9.17, 15) is 10.2 Å². The lowest BCUT2D eigenvalue weighted by molar-refractivity contribution is 0.0817. The van der Waals surface area contributed by atoms with Gasteiger partial charge in [-0.25, -0.2) is 0 Å². The van der Waals surface area contributed by atoms with Crippen LogP contribution in [0.15, 0.2) is 0 Å². The van der Waals surface area contributed by atoms with Crippen LogP contribution in [0, 0.1) is 11.8 Å². The summed E-state index contributed by atoms with van der Waals surface area (Å²) in [5.74, 6) is 1.37. The van der Waals surface area contributed by atoms with Gasteiger partial charge in [-0.1, -0.05) is 0 Å². The van der Waals surface area contributed by atoms with Crippen molar-refractivity contribution >= 4 is 0 Å². The maximum absolute atomic E-state index is 9.43. The summed E-state index contributed by atoms with van der Waals surface area (Å²) in [7, 11) is 0. The predicted molar refractivity (Wildman–Crippen MR) is 54.9 cm³/mol. The molecule has 1 heterocycles. The lowest BCUT2D eigenvalue weighted by atomic mass is 9.76. The highest BCUT2D eigenvalue weighted by Gasteiger charge is 2.34. The Kier molecular flexibility index (Phi) is 3.42. The largest absolute Gasteiger partial charge is 0.395 e. The Hall–Kier alpha value is -0.120. The third-order valence-corrected chi connectivity index (χ3v) is 3.94. The van der Waals surface area contributed by atoms with Gasteiger partial charge in [-0.05, 0) is 50.5 Å². The molecule has 1 saturated heterocycles. The van der Waals surface area contributed by atoms with E-state index >= 15 is 0 Å². The minimum atomic E-state index is -0.0619. The van der Waals surface area contributed by atoms with Crippen molar-refractivity contribution < 1.29 is 10.2 Å². The maximum atomic E-state index is 9.43. The van der Waals surface area contributed by atoms with E-state index in [-0.39, 0.29) is 12.7 Å². The number of nitrogens with one attached hydrogen (secondary N) is 1. The average molecular weight is 199 g/mol. The minimum absolute atomic E-state index is 0.0619. The molecule has 1 aliphatic carbocycles. The van der Waals surface area contributed by atoms with Gasteiger partial charge in [0.05, 0.1) is 12.7 Å². The molecule has 0 aromatic heterocycles. The van der Waals surface area contributed by atoms with Crippen LogP contribution in [0.4, 0.5) is 0 Å². The third kappa shape index (κ3) is 2.10. The van der Waals surface area contributed by atoms with Crippen LogP contribution in [-0.2, 0) is 0 Å². The van der Waals surface area contributed by atoms with Gasteiger partial charge in [-0.3, -0.25) is 0 Å². The molecule has 2 fully saturated rings. The van der Waals surface area contributed by atoms with Crippen LogP contribution in [0.5, 0.6) is 0 Å². The van der Waals surface area contributed by atoms with E-state index in [0.29, 0.717) is 12.0 Å². The number of hydrogen-bond acceptors (Lipinski definition) is 3. The fraction of sp³-hybridized carbons (Fsp3) is 1.00. The summed E-state index contributed by atoms with van der Waals surface area (Å²) >= 11 is 0. The van der Waals surface area contributed by atoms with Crippen LogP contribution < -0.4 is 5.32 Å². The molecule has 1 aliphatic heterocycles. The van der Waals surface area contributed by atoms with E-state index in [2.05, 4.69) is 5.32 Å². The molecule has 2 atom stereocenters. The lowest BCUT2D eigenvalue weighted by Gasteiger charge is -2.32. The molecule has 82 valence electrons. The van der Waals surface area contributed by atoms with Gasteiger partial charge < -0.3 is 15.5 Å². The first-order valence-corrected chi connectivity index (χ1v) is 5.83. The van der Waals surface area contributed by atoms with Crippen molar-refractivity contribution in [3.05, 3.63) is 0 Å². The fourth-order valence-electron chi connectivity index (χ4n) is 3.08. The Morgan fingerprint density at radius 3 is 2.43 bits per heavy atom. The van der Waals surface area contributed by atoms with Crippen LogP contribution in [-0.4, -0.2) is 35.5 Å². The van der Waals surface area contributed by atoms with Crippen LogP contribution in [0.1, 0.15) is 32.1 Å². The topological polar surface area (TPSA) is 52.5 Å². The normalized spacial score (nSPS) is 44.1. The highest BCUT2D eigenvalue weighted by Crippen LogP contribution is 2.35. The van der Waals surface area contributed by atoms with Gasteiger partial charge in [0.15, 0.2) is 0 Å². The van der Waals surface area contributed by atoms with Gasteiger partial charge in [0.1, 0.15) is 0 Å². The second-order valence-corrected chi connectivity index (χ2v) is 4.76. The van der Waals surface area contributed by atoms with Crippen molar-refractivity contribution in [2.24, 2.45) is 11.8 Å². The van der Waals surface area contributed by atoms with Gasteiger partial charge in [0, 0.05) is 6.04 Å². The minimum Gasteiger partial charge on any atom is -0.395 e. The van der Waals surface area contributed by atoms with Gasteiger partial charge in [-0.15, -0.1) is 0 Å². The van der Waals surface area contributed by atoms with Crippen molar-refractivity contribution in [2.45, 2.75) is 44.2 Å². The monoisotopic (exact) mass is 199 g/mol. The Labute approximate surface area is 85.5 Å². The highest BCUT2D eigenvalue weighted by atomic mass is 16.3. The van der Waals surface area contributed by atoms with Gasteiger partial charge in [0.2, 0.25) is 0 Å². The first-order chi connectivity index (χ1) is 6.81. The van der Waals surface area contributed by atoms with Crippen molar-refractivity contribution in [3.63, 3.8) is 0 Å². The summed E-state index contributed by atoms with van der Waals surface area (Å²) in [4.78, 5) is 0. The van der Waals surface area contributed by atoms with Crippen LogP contribution in [0.3, 0.4) is 0 Å². The quantitative estimate of drug-likeness (QED) is 0.607. The van der Waals surface area contributed by atoms with Crippen molar-refractivity contribution in [3.8, 4) is 0 Å². The summed E-state index contributed by atoms with van der Waals surface area (Å²) in [5, 5.41) is 22.0. The Balaban J connectivity index is 1.88. The average Bonchev–Trinajstić information content (AvgIpc) is 2.67. The Morgan fingerprint density at radius 2 is 1.79 bits per heavy atom. The standard InChI is InChI=1S/C11H21NO2/c13-7-11-10(5-6-12-11)8-1-3-9(14)4-2-8/h8-14H,1-7H2/t8?,9?,10?,11-/m1/s1. The molecule has 1 unspecified atom stereocenters. The summed E-state index contributed by atoms with van der Waals surface area (Å²) in [6.07, 6.45) is 5.34.